The van der Waals surface area contributed by atoms with Gasteiger partial charge in [0.2, 0.25) is 11.8 Å². The van der Waals surface area contributed by atoms with Gasteiger partial charge < -0.3 is 4.42 Å². The Kier molecular flexibility index (Phi) is 5.96. The summed E-state index contributed by atoms with van der Waals surface area (Å²) in [7, 11) is 0. The number of amides is 1. The third-order valence-corrected chi connectivity index (χ3v) is 4.57. The standard InChI is InChI=1S/C17H13Cl2N3O2S/c18-12-8-11(9-13(19)10-12)16-21-22-17(24-16)20-15(23)6-7-25-14-4-2-1-3-5-14/h1-5,8-10H,6-7H2,(H,20,22,23). The van der Waals surface area contributed by atoms with Crippen LogP contribution in [-0.4, -0.2) is 21.9 Å². The van der Waals surface area contributed by atoms with Crippen LogP contribution >= 0.6 is 35.0 Å². The van der Waals surface area contributed by atoms with Crippen LogP contribution in [0, 0.1) is 0 Å². The van der Waals surface area contributed by atoms with E-state index in [4.69, 9.17) is 27.6 Å². The van der Waals surface area contributed by atoms with Crippen molar-refractivity contribution < 1.29 is 9.21 Å². The van der Waals surface area contributed by atoms with Gasteiger partial charge in [0.05, 0.1) is 0 Å². The molecule has 0 fully saturated rings. The van der Waals surface area contributed by atoms with Gasteiger partial charge in [-0.1, -0.05) is 46.5 Å². The molecule has 3 aromatic rings. The smallest absolute Gasteiger partial charge is 0.322 e. The zero-order valence-electron chi connectivity index (χ0n) is 12.9. The fraction of sp³-hybridized carbons (Fsp3) is 0.118. The van der Waals surface area contributed by atoms with E-state index in [9.17, 15) is 4.79 Å². The first kappa shape index (κ1) is 17.8. The van der Waals surface area contributed by atoms with Crippen molar-refractivity contribution in [1.82, 2.24) is 10.2 Å². The minimum Gasteiger partial charge on any atom is -0.403 e. The van der Waals surface area contributed by atoms with Crippen molar-refractivity contribution >= 4 is 46.9 Å². The Balaban J connectivity index is 1.55. The minimum absolute atomic E-state index is 0.0424. The van der Waals surface area contributed by atoms with Crippen molar-refractivity contribution in [2.24, 2.45) is 0 Å². The number of hydrogen-bond acceptors (Lipinski definition) is 5. The number of halogens is 2. The van der Waals surface area contributed by atoms with Gasteiger partial charge in [0.25, 0.3) is 0 Å². The fourth-order valence-corrected chi connectivity index (χ4v) is 3.43. The van der Waals surface area contributed by atoms with Gasteiger partial charge in [0.15, 0.2) is 0 Å². The van der Waals surface area contributed by atoms with Crippen LogP contribution in [0.5, 0.6) is 0 Å². The molecule has 0 atom stereocenters. The number of carbonyl (C=O) groups excluding carboxylic acids is 1. The van der Waals surface area contributed by atoms with Crippen molar-refractivity contribution in [3.8, 4) is 11.5 Å². The van der Waals surface area contributed by atoms with E-state index in [1.807, 2.05) is 30.3 Å². The van der Waals surface area contributed by atoms with E-state index in [1.165, 1.54) is 0 Å². The first-order valence-electron chi connectivity index (χ1n) is 7.38. The summed E-state index contributed by atoms with van der Waals surface area (Å²) in [6.45, 7) is 0. The number of rotatable bonds is 6. The Morgan fingerprint density at radius 2 is 1.80 bits per heavy atom. The van der Waals surface area contributed by atoms with E-state index in [-0.39, 0.29) is 17.8 Å². The molecule has 1 N–H and O–H groups in total. The number of anilines is 1. The summed E-state index contributed by atoms with van der Waals surface area (Å²) in [6.07, 6.45) is 0.334. The summed E-state index contributed by atoms with van der Waals surface area (Å²) in [5, 5.41) is 11.2. The van der Waals surface area contributed by atoms with Gasteiger partial charge in [0.1, 0.15) is 0 Å². The first-order valence-corrected chi connectivity index (χ1v) is 9.12. The van der Waals surface area contributed by atoms with E-state index in [1.54, 1.807) is 30.0 Å². The third-order valence-electron chi connectivity index (χ3n) is 3.12. The van der Waals surface area contributed by atoms with Crippen molar-refractivity contribution in [3.05, 3.63) is 58.6 Å². The van der Waals surface area contributed by atoms with E-state index in [2.05, 4.69) is 15.5 Å². The monoisotopic (exact) mass is 393 g/mol. The number of hydrogen-bond donors (Lipinski definition) is 1. The molecule has 8 heteroatoms. The van der Waals surface area contributed by atoms with Gasteiger partial charge >= 0.3 is 6.01 Å². The normalized spacial score (nSPS) is 10.6. The van der Waals surface area contributed by atoms with Crippen molar-refractivity contribution in [3.63, 3.8) is 0 Å². The van der Waals surface area contributed by atoms with Crippen molar-refractivity contribution in [2.45, 2.75) is 11.3 Å². The van der Waals surface area contributed by atoms with Crippen LogP contribution in [-0.2, 0) is 4.79 Å². The van der Waals surface area contributed by atoms with Crippen molar-refractivity contribution in [1.29, 1.82) is 0 Å². The molecule has 0 aliphatic heterocycles. The second-order valence-electron chi connectivity index (χ2n) is 5.03. The molecule has 25 heavy (non-hydrogen) atoms. The average molecular weight is 394 g/mol. The lowest BCUT2D eigenvalue weighted by atomic mass is 10.2. The second kappa shape index (κ2) is 8.38. The summed E-state index contributed by atoms with van der Waals surface area (Å²) in [5.41, 5.74) is 0.588. The molecule has 0 saturated heterocycles. The number of benzene rings is 2. The molecule has 0 aliphatic rings. The van der Waals surface area contributed by atoms with Crippen LogP contribution in [0.2, 0.25) is 10.0 Å². The number of aromatic nitrogens is 2. The van der Waals surface area contributed by atoms with Crippen LogP contribution in [0.4, 0.5) is 6.01 Å². The highest BCUT2D eigenvalue weighted by atomic mass is 35.5. The van der Waals surface area contributed by atoms with E-state index >= 15 is 0 Å². The lowest BCUT2D eigenvalue weighted by molar-refractivity contribution is -0.115. The lowest BCUT2D eigenvalue weighted by Gasteiger charge is -2.01. The zero-order chi connectivity index (χ0) is 17.6. The summed E-state index contributed by atoms with van der Waals surface area (Å²) < 4.78 is 5.44. The molecule has 1 aromatic heterocycles. The lowest BCUT2D eigenvalue weighted by Crippen LogP contribution is -2.12. The molecular formula is C17H13Cl2N3O2S. The maximum Gasteiger partial charge on any atom is 0.322 e. The Hall–Kier alpha value is -2.02. The predicted octanol–water partition coefficient (Wildman–Crippen LogP) is 5.16. The van der Waals surface area contributed by atoms with E-state index in [0.29, 0.717) is 27.8 Å². The van der Waals surface area contributed by atoms with Crippen LogP contribution < -0.4 is 5.32 Å². The summed E-state index contributed by atoms with van der Waals surface area (Å²) in [6, 6.07) is 14.8. The van der Waals surface area contributed by atoms with Gasteiger partial charge in [-0.2, -0.15) is 0 Å². The van der Waals surface area contributed by atoms with Gasteiger partial charge in [-0.15, -0.1) is 16.9 Å². The van der Waals surface area contributed by atoms with Gasteiger partial charge in [0, 0.05) is 32.7 Å². The van der Waals surface area contributed by atoms with E-state index in [0.717, 1.165) is 4.90 Å². The zero-order valence-corrected chi connectivity index (χ0v) is 15.2. The number of nitrogens with zero attached hydrogens (tertiary/aromatic N) is 2. The summed E-state index contributed by atoms with van der Waals surface area (Å²) in [5.74, 6) is 0.696. The average Bonchev–Trinajstić information content (AvgIpc) is 3.03. The molecule has 0 spiro atoms. The van der Waals surface area contributed by atoms with Gasteiger partial charge in [-0.3, -0.25) is 10.1 Å². The Labute approximate surface area is 158 Å². The molecule has 0 unspecified atom stereocenters. The van der Waals surface area contributed by atoms with Crippen LogP contribution in [0.3, 0.4) is 0 Å². The van der Waals surface area contributed by atoms with Crippen LogP contribution in [0.1, 0.15) is 6.42 Å². The van der Waals surface area contributed by atoms with Gasteiger partial charge in [-0.25, -0.2) is 0 Å². The molecule has 0 aliphatic carbocycles. The number of carbonyl (C=O) groups is 1. The molecule has 0 bridgehead atoms. The molecule has 1 heterocycles. The molecule has 0 saturated carbocycles. The maximum atomic E-state index is 12.0. The third kappa shape index (κ3) is 5.22. The van der Waals surface area contributed by atoms with E-state index < -0.39 is 0 Å². The van der Waals surface area contributed by atoms with Gasteiger partial charge in [-0.05, 0) is 30.3 Å². The first-order chi connectivity index (χ1) is 12.1. The maximum absolute atomic E-state index is 12.0. The molecule has 3 rings (SSSR count). The molecular weight excluding hydrogens is 381 g/mol. The highest BCUT2D eigenvalue weighted by molar-refractivity contribution is 7.99. The molecule has 1 amide bonds. The van der Waals surface area contributed by atoms with Crippen LogP contribution in [0.15, 0.2) is 57.8 Å². The largest absolute Gasteiger partial charge is 0.403 e. The summed E-state index contributed by atoms with van der Waals surface area (Å²) >= 11 is 13.5. The molecule has 128 valence electrons. The Morgan fingerprint density at radius 1 is 1.08 bits per heavy atom. The highest BCUT2D eigenvalue weighted by Gasteiger charge is 2.12. The Morgan fingerprint density at radius 3 is 2.52 bits per heavy atom. The second-order valence-corrected chi connectivity index (χ2v) is 7.07. The highest BCUT2D eigenvalue weighted by Crippen LogP contribution is 2.27. The number of thioether (sulfide) groups is 1. The van der Waals surface area contributed by atoms with Crippen LogP contribution in [0.25, 0.3) is 11.5 Å². The fourth-order valence-electron chi connectivity index (χ4n) is 2.03. The molecule has 2 aromatic carbocycles. The number of nitrogens with one attached hydrogen (secondary N) is 1. The topological polar surface area (TPSA) is 68.0 Å². The Bertz CT molecular complexity index is 851. The molecule has 0 radical (unpaired) electrons. The quantitative estimate of drug-likeness (QED) is 0.585. The minimum atomic E-state index is -0.192. The summed E-state index contributed by atoms with van der Waals surface area (Å²) in [4.78, 5) is 13.1. The predicted molar refractivity (Wildman–Crippen MR) is 100 cm³/mol. The molecule has 5 nitrogen and oxygen atoms in total. The van der Waals surface area contributed by atoms with Crippen molar-refractivity contribution in [2.75, 3.05) is 11.1 Å². The SMILES string of the molecule is O=C(CCSc1ccccc1)Nc1nnc(-c2cc(Cl)cc(Cl)c2)o1.